The Bertz CT molecular complexity index is 392. The number of likely N-dealkylation sites (tertiary alicyclic amines) is 2. The maximum atomic E-state index is 12.8. The summed E-state index contributed by atoms with van der Waals surface area (Å²) < 4.78 is 0. The van der Waals surface area contributed by atoms with Crippen molar-refractivity contribution in [1.29, 1.82) is 0 Å². The zero-order valence-electron chi connectivity index (χ0n) is 12.4. The molecule has 1 amide bonds. The van der Waals surface area contributed by atoms with E-state index in [-0.39, 0.29) is 5.92 Å². The molecule has 0 aromatic rings. The van der Waals surface area contributed by atoms with Gasteiger partial charge in [0.15, 0.2) is 0 Å². The van der Waals surface area contributed by atoms with Gasteiger partial charge in [0.05, 0.1) is 6.54 Å². The van der Waals surface area contributed by atoms with Crippen molar-refractivity contribution >= 4 is 5.91 Å². The van der Waals surface area contributed by atoms with Crippen LogP contribution in [0.5, 0.6) is 0 Å². The predicted octanol–water partition coefficient (Wildman–Crippen LogP) is 2.12. The Labute approximate surface area is 122 Å². The van der Waals surface area contributed by atoms with Gasteiger partial charge in [0.25, 0.3) is 0 Å². The number of carbonyl (C=O) groups excluding carboxylic acids is 1. The highest BCUT2D eigenvalue weighted by Gasteiger charge is 2.39. The van der Waals surface area contributed by atoms with Crippen LogP contribution in [0, 0.1) is 24.2 Å². The van der Waals surface area contributed by atoms with E-state index in [0.717, 1.165) is 44.9 Å². The third-order valence-corrected chi connectivity index (χ3v) is 5.53. The second-order valence-electron chi connectivity index (χ2n) is 6.69. The maximum absolute atomic E-state index is 12.8. The largest absolute Gasteiger partial charge is 0.339 e. The topological polar surface area (TPSA) is 23.6 Å². The van der Waals surface area contributed by atoms with Gasteiger partial charge in [-0.2, -0.15) is 0 Å². The van der Waals surface area contributed by atoms with Gasteiger partial charge < -0.3 is 4.90 Å². The molecular weight excluding hydrogens is 248 g/mol. The van der Waals surface area contributed by atoms with Gasteiger partial charge >= 0.3 is 0 Å². The number of hydrogen-bond acceptors (Lipinski definition) is 2. The first-order valence-corrected chi connectivity index (χ1v) is 8.26. The molecule has 3 aliphatic rings. The average Bonchev–Trinajstić information content (AvgIpc) is 2.96. The van der Waals surface area contributed by atoms with E-state index in [4.69, 9.17) is 6.42 Å². The van der Waals surface area contributed by atoms with Crippen molar-refractivity contribution in [3.05, 3.63) is 0 Å². The SMILES string of the molecule is C#CCN1CCC(C(=O)N2CCCC3CCCC32)CC1. The highest BCUT2D eigenvalue weighted by Crippen LogP contribution is 2.38. The highest BCUT2D eigenvalue weighted by atomic mass is 16.2. The number of hydrogen-bond donors (Lipinski definition) is 0. The summed E-state index contributed by atoms with van der Waals surface area (Å²) in [6.45, 7) is 3.71. The van der Waals surface area contributed by atoms with Gasteiger partial charge in [-0.05, 0) is 57.5 Å². The number of piperidine rings is 2. The zero-order valence-corrected chi connectivity index (χ0v) is 12.4. The predicted molar refractivity (Wildman–Crippen MR) is 80.1 cm³/mol. The Hall–Kier alpha value is -1.01. The van der Waals surface area contributed by atoms with Crippen LogP contribution in [-0.4, -0.2) is 47.9 Å². The van der Waals surface area contributed by atoms with Crippen LogP contribution in [0.4, 0.5) is 0 Å². The number of fused-ring (bicyclic) bond motifs is 1. The second kappa shape index (κ2) is 6.18. The Morgan fingerprint density at radius 1 is 1.05 bits per heavy atom. The number of terminal acetylenes is 1. The van der Waals surface area contributed by atoms with Crippen LogP contribution in [0.2, 0.25) is 0 Å². The molecule has 0 aromatic carbocycles. The summed E-state index contributed by atoms with van der Waals surface area (Å²) in [6, 6.07) is 0.569. The van der Waals surface area contributed by atoms with Crippen LogP contribution in [0.1, 0.15) is 44.9 Å². The summed E-state index contributed by atoms with van der Waals surface area (Å²) in [6.07, 6.45) is 13.8. The van der Waals surface area contributed by atoms with Gasteiger partial charge in [0, 0.05) is 18.5 Å². The van der Waals surface area contributed by atoms with E-state index in [1.165, 1.54) is 32.1 Å². The Kier molecular flexibility index (Phi) is 4.31. The fourth-order valence-corrected chi connectivity index (χ4v) is 4.43. The van der Waals surface area contributed by atoms with E-state index in [2.05, 4.69) is 15.7 Å². The summed E-state index contributed by atoms with van der Waals surface area (Å²) in [4.78, 5) is 17.4. The Morgan fingerprint density at radius 2 is 1.80 bits per heavy atom. The number of amides is 1. The number of carbonyl (C=O) groups is 1. The van der Waals surface area contributed by atoms with Gasteiger partial charge in [-0.15, -0.1) is 6.42 Å². The first-order chi connectivity index (χ1) is 9.79. The minimum absolute atomic E-state index is 0.253. The molecule has 3 heteroatoms. The molecule has 0 bridgehead atoms. The lowest BCUT2D eigenvalue weighted by Crippen LogP contribution is -2.50. The molecule has 2 atom stereocenters. The lowest BCUT2D eigenvalue weighted by Gasteiger charge is -2.41. The minimum atomic E-state index is 0.253. The summed E-state index contributed by atoms with van der Waals surface area (Å²) in [5, 5.41) is 0. The molecule has 0 spiro atoms. The van der Waals surface area contributed by atoms with E-state index >= 15 is 0 Å². The van der Waals surface area contributed by atoms with Crippen LogP contribution in [0.3, 0.4) is 0 Å². The molecule has 0 N–H and O–H groups in total. The Balaban J connectivity index is 1.58. The van der Waals surface area contributed by atoms with E-state index in [1.807, 2.05) is 0 Å². The molecule has 2 saturated heterocycles. The minimum Gasteiger partial charge on any atom is -0.339 e. The third-order valence-electron chi connectivity index (χ3n) is 5.53. The lowest BCUT2D eigenvalue weighted by atomic mass is 9.88. The van der Waals surface area contributed by atoms with E-state index in [9.17, 15) is 4.79 Å². The fraction of sp³-hybridized carbons (Fsp3) is 0.824. The van der Waals surface area contributed by atoms with E-state index < -0.39 is 0 Å². The number of nitrogens with zero attached hydrogens (tertiary/aromatic N) is 2. The number of rotatable bonds is 2. The average molecular weight is 274 g/mol. The molecule has 2 aliphatic heterocycles. The summed E-state index contributed by atoms with van der Waals surface area (Å²) in [5.41, 5.74) is 0. The van der Waals surface area contributed by atoms with Gasteiger partial charge in [0.1, 0.15) is 0 Å². The molecular formula is C17H26N2O. The normalized spacial score (nSPS) is 31.9. The van der Waals surface area contributed by atoms with Crippen molar-refractivity contribution in [3.8, 4) is 12.3 Å². The first-order valence-electron chi connectivity index (χ1n) is 8.26. The van der Waals surface area contributed by atoms with Crippen LogP contribution >= 0.6 is 0 Å². The van der Waals surface area contributed by atoms with Crippen molar-refractivity contribution < 1.29 is 4.79 Å². The van der Waals surface area contributed by atoms with Crippen molar-refractivity contribution in [2.24, 2.45) is 11.8 Å². The Morgan fingerprint density at radius 3 is 2.55 bits per heavy atom. The van der Waals surface area contributed by atoms with E-state index in [0.29, 0.717) is 11.9 Å². The summed E-state index contributed by atoms with van der Waals surface area (Å²) in [5.74, 6) is 4.21. The molecule has 1 aliphatic carbocycles. The molecule has 3 nitrogen and oxygen atoms in total. The maximum Gasteiger partial charge on any atom is 0.226 e. The van der Waals surface area contributed by atoms with Gasteiger partial charge in [-0.25, -0.2) is 0 Å². The molecule has 3 rings (SSSR count). The van der Waals surface area contributed by atoms with Crippen molar-refractivity contribution in [2.45, 2.75) is 51.0 Å². The quantitative estimate of drug-likeness (QED) is 0.720. The van der Waals surface area contributed by atoms with E-state index in [1.54, 1.807) is 0 Å². The molecule has 2 unspecified atom stereocenters. The molecule has 2 heterocycles. The monoisotopic (exact) mass is 274 g/mol. The second-order valence-corrected chi connectivity index (χ2v) is 6.69. The molecule has 110 valence electrons. The first kappa shape index (κ1) is 13.9. The molecule has 20 heavy (non-hydrogen) atoms. The summed E-state index contributed by atoms with van der Waals surface area (Å²) >= 11 is 0. The fourth-order valence-electron chi connectivity index (χ4n) is 4.43. The molecule has 0 radical (unpaired) electrons. The van der Waals surface area contributed by atoms with Crippen molar-refractivity contribution in [1.82, 2.24) is 9.80 Å². The smallest absolute Gasteiger partial charge is 0.226 e. The van der Waals surface area contributed by atoms with Gasteiger partial charge in [0.2, 0.25) is 5.91 Å². The molecule has 1 saturated carbocycles. The van der Waals surface area contributed by atoms with Crippen molar-refractivity contribution in [3.63, 3.8) is 0 Å². The third kappa shape index (κ3) is 2.72. The van der Waals surface area contributed by atoms with Crippen LogP contribution < -0.4 is 0 Å². The van der Waals surface area contributed by atoms with Crippen molar-refractivity contribution in [2.75, 3.05) is 26.2 Å². The van der Waals surface area contributed by atoms with Gasteiger partial charge in [-0.1, -0.05) is 12.3 Å². The van der Waals surface area contributed by atoms with Gasteiger partial charge in [-0.3, -0.25) is 9.69 Å². The lowest BCUT2D eigenvalue weighted by molar-refractivity contribution is -0.141. The molecule has 0 aromatic heterocycles. The van der Waals surface area contributed by atoms with Crippen LogP contribution in [0.15, 0.2) is 0 Å². The van der Waals surface area contributed by atoms with Crippen LogP contribution in [0.25, 0.3) is 0 Å². The standard InChI is InChI=1S/C17H26N2O/c1-2-10-18-12-8-15(9-13-18)17(20)19-11-4-6-14-5-3-7-16(14)19/h1,14-16H,3-13H2. The van der Waals surface area contributed by atoms with Crippen LogP contribution in [-0.2, 0) is 4.79 Å². The molecule has 3 fully saturated rings. The summed E-state index contributed by atoms with van der Waals surface area (Å²) in [7, 11) is 0. The highest BCUT2D eigenvalue weighted by molar-refractivity contribution is 5.79. The zero-order chi connectivity index (χ0) is 13.9.